The number of carboxylic acids is 1. The molecule has 0 unspecified atom stereocenters. The molecule has 1 aromatic carbocycles. The van der Waals surface area contributed by atoms with Gasteiger partial charge in [-0.25, -0.2) is 4.79 Å². The second-order valence-corrected chi connectivity index (χ2v) is 4.72. The molecule has 18 heavy (non-hydrogen) atoms. The molecular weight excluding hydrogens is 252 g/mol. The third kappa shape index (κ3) is 2.95. The number of aromatic carboxylic acids is 1. The van der Waals surface area contributed by atoms with Crippen LogP contribution < -0.4 is 4.74 Å². The highest BCUT2D eigenvalue weighted by Crippen LogP contribution is 2.19. The van der Waals surface area contributed by atoms with Crippen molar-refractivity contribution < 1.29 is 19.4 Å². The monoisotopic (exact) mass is 262 g/mol. The molecule has 0 aliphatic rings. The average molecular weight is 262 g/mol. The van der Waals surface area contributed by atoms with Gasteiger partial charge in [0.05, 0.1) is 0 Å². The normalized spacial score (nSPS) is 10.0. The maximum absolute atomic E-state index is 10.7. The lowest BCUT2D eigenvalue weighted by atomic mass is 10.2. The van der Waals surface area contributed by atoms with Crippen molar-refractivity contribution >= 4 is 23.6 Å². The molecule has 4 nitrogen and oxygen atoms in total. The van der Waals surface area contributed by atoms with Crippen LogP contribution in [0.3, 0.4) is 0 Å². The Labute approximate surface area is 107 Å². The van der Waals surface area contributed by atoms with E-state index in [0.717, 1.165) is 11.2 Å². The quantitative estimate of drug-likeness (QED) is 0.841. The Hall–Kier alpha value is -2.14. The fourth-order valence-corrected chi connectivity index (χ4v) is 2.16. The highest BCUT2D eigenvalue weighted by molar-refractivity contribution is 7.13. The first-order valence-electron chi connectivity index (χ1n) is 5.19. The first-order chi connectivity index (χ1) is 8.69. The third-order valence-electron chi connectivity index (χ3n) is 2.25. The van der Waals surface area contributed by atoms with Gasteiger partial charge in [-0.2, -0.15) is 0 Å². The van der Waals surface area contributed by atoms with E-state index in [-0.39, 0.29) is 4.88 Å². The molecule has 0 aliphatic carbocycles. The van der Waals surface area contributed by atoms with Gasteiger partial charge in [0.15, 0.2) is 0 Å². The van der Waals surface area contributed by atoms with Crippen LogP contribution in [0.15, 0.2) is 36.4 Å². The molecule has 0 aliphatic heterocycles. The van der Waals surface area contributed by atoms with E-state index in [1.165, 1.54) is 11.3 Å². The molecule has 0 spiro atoms. The van der Waals surface area contributed by atoms with Gasteiger partial charge in [-0.15, -0.1) is 11.3 Å². The van der Waals surface area contributed by atoms with E-state index < -0.39 is 5.97 Å². The summed E-state index contributed by atoms with van der Waals surface area (Å²) in [6.45, 7) is 0.292. The summed E-state index contributed by atoms with van der Waals surface area (Å²) < 4.78 is 5.49. The lowest BCUT2D eigenvalue weighted by Gasteiger charge is -2.04. The summed E-state index contributed by atoms with van der Waals surface area (Å²) in [5.74, 6) is -0.348. The smallest absolute Gasteiger partial charge is 0.345 e. The molecule has 92 valence electrons. The molecule has 1 aromatic heterocycles. The predicted molar refractivity (Wildman–Crippen MR) is 67.4 cm³/mol. The van der Waals surface area contributed by atoms with Crippen LogP contribution in [0.1, 0.15) is 24.9 Å². The zero-order valence-corrected chi connectivity index (χ0v) is 10.1. The van der Waals surface area contributed by atoms with Gasteiger partial charge in [-0.05, 0) is 24.3 Å². The van der Waals surface area contributed by atoms with Gasteiger partial charge in [0.2, 0.25) is 0 Å². The minimum atomic E-state index is -0.936. The lowest BCUT2D eigenvalue weighted by molar-refractivity contribution is 0.0702. The number of carbonyl (C=O) groups excluding carboxylic acids is 1. The first-order valence-corrected chi connectivity index (χ1v) is 6.01. The van der Waals surface area contributed by atoms with Gasteiger partial charge in [0, 0.05) is 10.4 Å². The molecule has 0 saturated carbocycles. The van der Waals surface area contributed by atoms with Crippen molar-refractivity contribution in [3.8, 4) is 5.75 Å². The number of benzene rings is 1. The van der Waals surface area contributed by atoms with Crippen LogP contribution in [0, 0.1) is 0 Å². The second-order valence-electron chi connectivity index (χ2n) is 3.55. The van der Waals surface area contributed by atoms with Crippen molar-refractivity contribution in [3.05, 3.63) is 51.7 Å². The molecule has 0 amide bonds. The van der Waals surface area contributed by atoms with E-state index in [4.69, 9.17) is 9.84 Å². The molecule has 1 N–H and O–H groups in total. The van der Waals surface area contributed by atoms with Crippen molar-refractivity contribution in [1.82, 2.24) is 0 Å². The Morgan fingerprint density at radius 2 is 2.17 bits per heavy atom. The number of rotatable bonds is 5. The average Bonchev–Trinajstić information content (AvgIpc) is 2.85. The molecule has 2 aromatic rings. The molecule has 0 bridgehead atoms. The van der Waals surface area contributed by atoms with E-state index in [1.54, 1.807) is 36.4 Å². The standard InChI is InChI=1S/C13H10O4S/c14-7-9-2-1-3-10(6-9)17-8-11-4-5-12(18-11)13(15)16/h1-7H,8H2,(H,15,16). The van der Waals surface area contributed by atoms with Crippen molar-refractivity contribution in [1.29, 1.82) is 0 Å². The Bertz CT molecular complexity index is 574. The predicted octanol–water partition coefficient (Wildman–Crippen LogP) is 2.84. The summed E-state index contributed by atoms with van der Waals surface area (Å²) >= 11 is 1.18. The number of aldehydes is 1. The van der Waals surface area contributed by atoms with Crippen LogP contribution in [0.2, 0.25) is 0 Å². The SMILES string of the molecule is O=Cc1cccc(OCc2ccc(C(=O)O)s2)c1. The van der Waals surface area contributed by atoms with Crippen LogP contribution in [-0.2, 0) is 6.61 Å². The minimum Gasteiger partial charge on any atom is -0.488 e. The van der Waals surface area contributed by atoms with Gasteiger partial charge < -0.3 is 9.84 Å². The van der Waals surface area contributed by atoms with Crippen LogP contribution in [0.25, 0.3) is 0 Å². The fourth-order valence-electron chi connectivity index (χ4n) is 1.40. The van der Waals surface area contributed by atoms with Gasteiger partial charge in [0.1, 0.15) is 23.5 Å². The summed E-state index contributed by atoms with van der Waals surface area (Å²) in [7, 11) is 0. The molecule has 0 saturated heterocycles. The molecular formula is C13H10O4S. The molecule has 0 fully saturated rings. The summed E-state index contributed by atoms with van der Waals surface area (Å²) in [6.07, 6.45) is 0.751. The van der Waals surface area contributed by atoms with Gasteiger partial charge in [0.25, 0.3) is 0 Å². The Kier molecular flexibility index (Phi) is 3.74. The Morgan fingerprint density at radius 3 is 2.83 bits per heavy atom. The van der Waals surface area contributed by atoms with Crippen molar-refractivity contribution in [3.63, 3.8) is 0 Å². The van der Waals surface area contributed by atoms with E-state index >= 15 is 0 Å². The number of hydrogen-bond acceptors (Lipinski definition) is 4. The van der Waals surface area contributed by atoms with E-state index in [0.29, 0.717) is 17.9 Å². The van der Waals surface area contributed by atoms with Gasteiger partial charge >= 0.3 is 5.97 Å². The minimum absolute atomic E-state index is 0.287. The molecule has 1 heterocycles. The third-order valence-corrected chi connectivity index (χ3v) is 3.29. The zero-order valence-electron chi connectivity index (χ0n) is 9.33. The number of ether oxygens (including phenoxy) is 1. The number of thiophene rings is 1. The molecule has 5 heteroatoms. The van der Waals surface area contributed by atoms with Gasteiger partial charge in [-0.1, -0.05) is 12.1 Å². The highest BCUT2D eigenvalue weighted by Gasteiger charge is 2.07. The van der Waals surface area contributed by atoms with Crippen molar-refractivity contribution in [2.24, 2.45) is 0 Å². The largest absolute Gasteiger partial charge is 0.488 e. The number of hydrogen-bond donors (Lipinski definition) is 1. The van der Waals surface area contributed by atoms with E-state index in [9.17, 15) is 9.59 Å². The fraction of sp³-hybridized carbons (Fsp3) is 0.0769. The maximum atomic E-state index is 10.7. The van der Waals surface area contributed by atoms with Crippen LogP contribution in [0.4, 0.5) is 0 Å². The van der Waals surface area contributed by atoms with Crippen LogP contribution in [-0.4, -0.2) is 17.4 Å². The van der Waals surface area contributed by atoms with Crippen molar-refractivity contribution in [2.75, 3.05) is 0 Å². The first kappa shape index (κ1) is 12.3. The zero-order chi connectivity index (χ0) is 13.0. The van der Waals surface area contributed by atoms with E-state index in [1.807, 2.05) is 0 Å². The maximum Gasteiger partial charge on any atom is 0.345 e. The summed E-state index contributed by atoms with van der Waals surface area (Å²) in [6, 6.07) is 10.1. The van der Waals surface area contributed by atoms with Gasteiger partial charge in [-0.3, -0.25) is 4.79 Å². The summed E-state index contributed by atoms with van der Waals surface area (Å²) in [4.78, 5) is 22.4. The molecule has 2 rings (SSSR count). The molecule has 0 atom stereocenters. The number of carboxylic acid groups (broad SMARTS) is 1. The Balaban J connectivity index is 2.01. The highest BCUT2D eigenvalue weighted by atomic mass is 32.1. The second kappa shape index (κ2) is 5.46. The Morgan fingerprint density at radius 1 is 1.33 bits per heavy atom. The lowest BCUT2D eigenvalue weighted by Crippen LogP contribution is -1.93. The van der Waals surface area contributed by atoms with E-state index in [2.05, 4.69) is 0 Å². The summed E-state index contributed by atoms with van der Waals surface area (Å²) in [5.41, 5.74) is 0.546. The number of carbonyl (C=O) groups is 2. The topological polar surface area (TPSA) is 63.6 Å². The van der Waals surface area contributed by atoms with Crippen molar-refractivity contribution in [2.45, 2.75) is 6.61 Å². The van der Waals surface area contributed by atoms with Crippen LogP contribution >= 0.6 is 11.3 Å². The van der Waals surface area contributed by atoms with Crippen LogP contribution in [0.5, 0.6) is 5.75 Å². The summed E-state index contributed by atoms with van der Waals surface area (Å²) in [5, 5.41) is 8.78. The molecule has 0 radical (unpaired) electrons.